The number of aryl methyl sites for hydroxylation is 1. The number of carbonyl (C=O) groups excluding carboxylic acids is 1. The van der Waals surface area contributed by atoms with Crippen molar-refractivity contribution in [3.8, 4) is 0 Å². The van der Waals surface area contributed by atoms with E-state index in [1.807, 2.05) is 42.6 Å². The second-order valence-electron chi connectivity index (χ2n) is 8.65. The minimum absolute atomic E-state index is 0.108. The van der Waals surface area contributed by atoms with Gasteiger partial charge in [0.1, 0.15) is 11.6 Å². The molecule has 1 aliphatic rings. The summed E-state index contributed by atoms with van der Waals surface area (Å²) in [5.41, 5.74) is 3.69. The molecule has 7 heteroatoms. The zero-order valence-electron chi connectivity index (χ0n) is 18.3. The number of hydrogen-bond donors (Lipinski definition) is 0. The van der Waals surface area contributed by atoms with Crippen molar-refractivity contribution >= 4 is 54.9 Å². The van der Waals surface area contributed by atoms with Gasteiger partial charge in [0.2, 0.25) is 5.76 Å². The average Bonchev–Trinajstić information content (AvgIpc) is 3.51. The zero-order chi connectivity index (χ0) is 22.9. The lowest BCUT2D eigenvalue weighted by molar-refractivity contribution is 0.0971. The van der Waals surface area contributed by atoms with Crippen molar-refractivity contribution in [3.63, 3.8) is 0 Å². The standard InChI is InChI=1S/C26H20N2O3S2/c1-13(2)15-7-8-17-20(12-15)33-26(27-17)28-22(19-5-4-10-32-19)21-23(29)16-11-14(3)6-9-18(16)31-24(21)25(28)30/h4-13,22H,1-3H3/t22-/m1/s1. The highest BCUT2D eigenvalue weighted by Gasteiger charge is 2.45. The van der Waals surface area contributed by atoms with Crippen LogP contribution < -0.4 is 10.3 Å². The Labute approximate surface area is 197 Å². The zero-order valence-corrected chi connectivity index (χ0v) is 19.9. The molecule has 0 spiro atoms. The van der Waals surface area contributed by atoms with Gasteiger partial charge in [-0.25, -0.2) is 4.98 Å². The number of amides is 1. The molecular formula is C26H20N2O3S2. The lowest BCUT2D eigenvalue weighted by Crippen LogP contribution is -2.28. The minimum atomic E-state index is -0.557. The summed E-state index contributed by atoms with van der Waals surface area (Å²) in [5, 5.41) is 3.02. The van der Waals surface area contributed by atoms with E-state index < -0.39 is 6.04 Å². The number of thiazole rings is 1. The van der Waals surface area contributed by atoms with Gasteiger partial charge in [-0.1, -0.05) is 48.9 Å². The fraction of sp³-hybridized carbons (Fsp3) is 0.192. The number of nitrogens with zero attached hydrogens (tertiary/aromatic N) is 2. The van der Waals surface area contributed by atoms with E-state index in [1.165, 1.54) is 28.2 Å². The molecule has 164 valence electrons. The number of rotatable bonds is 3. The predicted molar refractivity (Wildman–Crippen MR) is 134 cm³/mol. The quantitative estimate of drug-likeness (QED) is 0.295. The molecule has 5 aromatic rings. The Kier molecular flexibility index (Phi) is 4.54. The third-order valence-electron chi connectivity index (χ3n) is 6.11. The van der Waals surface area contributed by atoms with Crippen LogP contribution in [0.1, 0.15) is 57.9 Å². The highest BCUT2D eigenvalue weighted by Crippen LogP contribution is 2.45. The molecule has 5 nitrogen and oxygen atoms in total. The third kappa shape index (κ3) is 3.07. The highest BCUT2D eigenvalue weighted by atomic mass is 32.1. The third-order valence-corrected chi connectivity index (χ3v) is 8.05. The van der Waals surface area contributed by atoms with Gasteiger partial charge in [-0.2, -0.15) is 0 Å². The molecule has 0 unspecified atom stereocenters. The van der Waals surface area contributed by atoms with Gasteiger partial charge in [-0.05, 0) is 54.1 Å². The molecule has 0 saturated heterocycles. The molecule has 0 saturated carbocycles. The van der Waals surface area contributed by atoms with Crippen molar-refractivity contribution in [2.75, 3.05) is 4.90 Å². The number of aromatic nitrogens is 1. The van der Waals surface area contributed by atoms with E-state index in [0.717, 1.165) is 20.7 Å². The molecule has 1 aliphatic heterocycles. The van der Waals surface area contributed by atoms with Gasteiger partial charge in [0.05, 0.1) is 21.2 Å². The first-order valence-electron chi connectivity index (χ1n) is 10.8. The van der Waals surface area contributed by atoms with Gasteiger partial charge < -0.3 is 4.42 Å². The van der Waals surface area contributed by atoms with Gasteiger partial charge in [0.25, 0.3) is 5.91 Å². The summed E-state index contributed by atoms with van der Waals surface area (Å²) in [6, 6.07) is 15.0. The maximum atomic E-state index is 13.7. The summed E-state index contributed by atoms with van der Waals surface area (Å²) in [7, 11) is 0. The molecule has 4 heterocycles. The van der Waals surface area contributed by atoms with Crippen LogP contribution in [0.25, 0.3) is 21.2 Å². The van der Waals surface area contributed by atoms with Crippen LogP contribution in [-0.2, 0) is 0 Å². The van der Waals surface area contributed by atoms with Gasteiger partial charge in [-0.15, -0.1) is 11.3 Å². The Bertz CT molecular complexity index is 1610. The Balaban J connectivity index is 1.59. The number of carbonyl (C=O) groups is 1. The number of anilines is 1. The Hall–Kier alpha value is -3.29. The number of thiophene rings is 1. The minimum Gasteiger partial charge on any atom is -0.450 e. The van der Waals surface area contributed by atoms with E-state index in [0.29, 0.717) is 27.6 Å². The molecule has 0 radical (unpaired) electrons. The number of hydrogen-bond acceptors (Lipinski definition) is 6. The van der Waals surface area contributed by atoms with Crippen molar-refractivity contribution in [1.29, 1.82) is 0 Å². The molecule has 0 aliphatic carbocycles. The van der Waals surface area contributed by atoms with E-state index >= 15 is 0 Å². The van der Waals surface area contributed by atoms with Crippen molar-refractivity contribution in [2.45, 2.75) is 32.7 Å². The van der Waals surface area contributed by atoms with Crippen LogP contribution in [0.2, 0.25) is 0 Å². The SMILES string of the molecule is Cc1ccc2oc3c(c(=O)c2c1)[C@@H](c1cccs1)N(c1nc2ccc(C(C)C)cc2s1)C3=O. The Morgan fingerprint density at radius 1 is 1.09 bits per heavy atom. The maximum absolute atomic E-state index is 13.7. The van der Waals surface area contributed by atoms with Crippen molar-refractivity contribution in [1.82, 2.24) is 4.98 Å². The Morgan fingerprint density at radius 3 is 2.70 bits per heavy atom. The molecule has 33 heavy (non-hydrogen) atoms. The molecule has 1 atom stereocenters. The molecular weight excluding hydrogens is 452 g/mol. The van der Waals surface area contributed by atoms with Crippen LogP contribution in [0.4, 0.5) is 5.13 Å². The number of fused-ring (bicyclic) bond motifs is 3. The first-order valence-corrected chi connectivity index (χ1v) is 12.5. The fourth-order valence-corrected chi connectivity index (χ4v) is 6.26. The van der Waals surface area contributed by atoms with Crippen LogP contribution in [0.3, 0.4) is 0 Å². The smallest absolute Gasteiger partial charge is 0.297 e. The van der Waals surface area contributed by atoms with E-state index in [9.17, 15) is 9.59 Å². The second kappa shape index (κ2) is 7.37. The van der Waals surface area contributed by atoms with Crippen molar-refractivity contribution in [2.24, 2.45) is 0 Å². The van der Waals surface area contributed by atoms with Crippen molar-refractivity contribution in [3.05, 3.63) is 91.5 Å². The molecule has 0 bridgehead atoms. The maximum Gasteiger partial charge on any atom is 0.297 e. The molecule has 0 fully saturated rings. The highest BCUT2D eigenvalue weighted by molar-refractivity contribution is 7.22. The number of benzene rings is 2. The van der Waals surface area contributed by atoms with Gasteiger partial charge in [0, 0.05) is 4.88 Å². The van der Waals surface area contributed by atoms with Crippen molar-refractivity contribution < 1.29 is 9.21 Å². The van der Waals surface area contributed by atoms with Gasteiger partial charge in [0.15, 0.2) is 10.6 Å². The predicted octanol–water partition coefficient (Wildman–Crippen LogP) is 6.65. The molecule has 6 rings (SSSR count). The Morgan fingerprint density at radius 2 is 1.94 bits per heavy atom. The normalized spacial score (nSPS) is 15.8. The monoisotopic (exact) mass is 472 g/mol. The van der Waals surface area contributed by atoms with Gasteiger partial charge >= 0.3 is 0 Å². The van der Waals surface area contributed by atoms with Crippen LogP contribution in [-0.4, -0.2) is 10.9 Å². The van der Waals surface area contributed by atoms with Crippen LogP contribution in [0.5, 0.6) is 0 Å². The summed E-state index contributed by atoms with van der Waals surface area (Å²) >= 11 is 2.99. The molecule has 0 N–H and O–H groups in total. The average molecular weight is 473 g/mol. The molecule has 3 aromatic heterocycles. The molecule has 1 amide bonds. The van der Waals surface area contributed by atoms with Gasteiger partial charge in [-0.3, -0.25) is 14.5 Å². The van der Waals surface area contributed by atoms with Crippen LogP contribution in [0.15, 0.2) is 63.1 Å². The molecule has 2 aromatic carbocycles. The summed E-state index contributed by atoms with van der Waals surface area (Å²) in [6.07, 6.45) is 0. The van der Waals surface area contributed by atoms with E-state index in [4.69, 9.17) is 9.40 Å². The second-order valence-corrected chi connectivity index (χ2v) is 10.6. The van der Waals surface area contributed by atoms with E-state index in [2.05, 4.69) is 26.0 Å². The largest absolute Gasteiger partial charge is 0.450 e. The van der Waals surface area contributed by atoms with Crippen LogP contribution in [0, 0.1) is 6.92 Å². The first-order chi connectivity index (χ1) is 15.9. The topological polar surface area (TPSA) is 63.4 Å². The van der Waals surface area contributed by atoms with Crippen LogP contribution >= 0.6 is 22.7 Å². The lowest BCUT2D eigenvalue weighted by Gasteiger charge is -2.20. The first kappa shape index (κ1) is 20.3. The summed E-state index contributed by atoms with van der Waals surface area (Å²) in [6.45, 7) is 6.24. The van der Waals surface area contributed by atoms with E-state index in [-0.39, 0.29) is 17.1 Å². The lowest BCUT2D eigenvalue weighted by atomic mass is 10.0. The summed E-state index contributed by atoms with van der Waals surface area (Å²) in [4.78, 5) is 34.6. The van der Waals surface area contributed by atoms with E-state index in [1.54, 1.807) is 11.0 Å². The summed E-state index contributed by atoms with van der Waals surface area (Å²) in [5.74, 6) is 0.178. The fourth-order valence-electron chi connectivity index (χ4n) is 4.39. The summed E-state index contributed by atoms with van der Waals surface area (Å²) < 4.78 is 7.07.